The fraction of sp³-hybridized carbons (Fsp3) is 0.208. The third-order valence-electron chi connectivity index (χ3n) is 4.70. The number of carbonyl (C=O) groups excluding carboxylic acids is 1. The van der Waals surface area contributed by atoms with Crippen LogP contribution in [0.15, 0.2) is 78.9 Å². The molecule has 1 fully saturated rings. The van der Waals surface area contributed by atoms with E-state index in [1.807, 2.05) is 78.9 Å². The Morgan fingerprint density at radius 3 is 2.00 bits per heavy atom. The summed E-state index contributed by atoms with van der Waals surface area (Å²) >= 11 is 0. The Kier molecular flexibility index (Phi) is 5.77. The topological polar surface area (TPSA) is 57.3 Å². The van der Waals surface area contributed by atoms with Crippen LogP contribution in [0.4, 0.5) is 0 Å². The number of methoxy groups -OCH3 is 1. The van der Waals surface area contributed by atoms with Gasteiger partial charge in [0.15, 0.2) is 17.6 Å². The highest BCUT2D eigenvalue weighted by Gasteiger charge is 2.47. The lowest BCUT2D eigenvalue weighted by atomic mass is 10.1. The number of rotatable bonds is 8. The maximum Gasteiger partial charge on any atom is 0.338 e. The van der Waals surface area contributed by atoms with Crippen molar-refractivity contribution in [1.82, 2.24) is 0 Å². The van der Waals surface area contributed by atoms with Crippen molar-refractivity contribution in [2.24, 2.45) is 0 Å². The maximum atomic E-state index is 11.7. The second-order valence-corrected chi connectivity index (χ2v) is 6.76. The van der Waals surface area contributed by atoms with Gasteiger partial charge in [-0.1, -0.05) is 66.7 Å². The van der Waals surface area contributed by atoms with Crippen LogP contribution < -0.4 is 9.47 Å². The zero-order valence-corrected chi connectivity index (χ0v) is 16.1. The highest BCUT2D eigenvalue weighted by Crippen LogP contribution is 2.42. The fourth-order valence-electron chi connectivity index (χ4n) is 3.07. The zero-order valence-electron chi connectivity index (χ0n) is 16.1. The number of carbonyl (C=O) groups is 1. The summed E-state index contributed by atoms with van der Waals surface area (Å²) in [5.41, 5.74) is 2.99. The molecule has 1 heterocycles. The van der Waals surface area contributed by atoms with Gasteiger partial charge in [0.05, 0.1) is 7.11 Å². The van der Waals surface area contributed by atoms with Gasteiger partial charge in [0.2, 0.25) is 0 Å². The normalized spacial score (nSPS) is 17.4. The van der Waals surface area contributed by atoms with Crippen molar-refractivity contribution in [3.05, 3.63) is 95.6 Å². The van der Waals surface area contributed by atoms with Gasteiger partial charge >= 0.3 is 5.97 Å². The monoisotopic (exact) mass is 390 g/mol. The zero-order chi connectivity index (χ0) is 20.1. The molecule has 5 heteroatoms. The van der Waals surface area contributed by atoms with E-state index in [2.05, 4.69) is 0 Å². The summed E-state index contributed by atoms with van der Waals surface area (Å²) in [4.78, 5) is 11.7. The lowest BCUT2D eigenvalue weighted by Gasteiger charge is -2.14. The Hall–Kier alpha value is -3.31. The molecular weight excluding hydrogens is 368 g/mol. The van der Waals surface area contributed by atoms with E-state index < -0.39 is 6.10 Å². The molecule has 1 aliphatic rings. The Bertz CT molecular complexity index is 956. The van der Waals surface area contributed by atoms with Crippen molar-refractivity contribution in [2.75, 3.05) is 7.11 Å². The summed E-state index contributed by atoms with van der Waals surface area (Å²) < 4.78 is 22.3. The standard InChI is InChI=1S/C24H22O5/c1-26-24(25)23-22(29-23)19-12-13-20(27-15-17-8-4-2-5-9-17)21(14-19)28-16-18-10-6-3-7-11-18/h2-14,22-23H,15-16H2,1H3/t22-,23+/m1/s1. The summed E-state index contributed by atoms with van der Waals surface area (Å²) in [5.74, 6) is 0.886. The average molecular weight is 390 g/mol. The molecule has 0 saturated carbocycles. The second kappa shape index (κ2) is 8.80. The molecule has 0 aromatic heterocycles. The Morgan fingerprint density at radius 1 is 0.828 bits per heavy atom. The van der Waals surface area contributed by atoms with E-state index in [9.17, 15) is 4.79 Å². The Morgan fingerprint density at radius 2 is 1.41 bits per heavy atom. The molecule has 148 valence electrons. The number of benzene rings is 3. The Labute approximate surface area is 169 Å². The number of ether oxygens (including phenoxy) is 4. The van der Waals surface area contributed by atoms with Gasteiger partial charge < -0.3 is 18.9 Å². The predicted octanol–water partition coefficient (Wildman–Crippen LogP) is 4.46. The van der Waals surface area contributed by atoms with Crippen LogP contribution in [0.2, 0.25) is 0 Å². The molecule has 4 rings (SSSR count). The van der Waals surface area contributed by atoms with Gasteiger partial charge in [-0.2, -0.15) is 0 Å². The van der Waals surface area contributed by atoms with Gasteiger partial charge in [0.1, 0.15) is 19.3 Å². The molecule has 2 atom stereocenters. The molecule has 0 aliphatic carbocycles. The van der Waals surface area contributed by atoms with Crippen LogP contribution in [-0.4, -0.2) is 19.2 Å². The first kappa shape index (κ1) is 19.0. The van der Waals surface area contributed by atoms with Gasteiger partial charge in [-0.15, -0.1) is 0 Å². The van der Waals surface area contributed by atoms with E-state index in [-0.39, 0.29) is 12.1 Å². The first-order chi connectivity index (χ1) is 14.2. The second-order valence-electron chi connectivity index (χ2n) is 6.76. The van der Waals surface area contributed by atoms with Crippen molar-refractivity contribution < 1.29 is 23.7 Å². The summed E-state index contributed by atoms with van der Waals surface area (Å²) in [6.07, 6.45) is -0.872. The highest BCUT2D eigenvalue weighted by atomic mass is 16.6. The summed E-state index contributed by atoms with van der Waals surface area (Å²) in [7, 11) is 1.36. The summed E-state index contributed by atoms with van der Waals surface area (Å²) in [6.45, 7) is 0.852. The van der Waals surface area contributed by atoms with E-state index >= 15 is 0 Å². The van der Waals surface area contributed by atoms with E-state index in [0.29, 0.717) is 24.7 Å². The number of epoxide rings is 1. The van der Waals surface area contributed by atoms with Crippen molar-refractivity contribution in [1.29, 1.82) is 0 Å². The molecular formula is C24H22O5. The van der Waals surface area contributed by atoms with E-state index in [1.54, 1.807) is 0 Å². The molecule has 5 nitrogen and oxygen atoms in total. The van der Waals surface area contributed by atoms with Gasteiger partial charge in [-0.25, -0.2) is 4.79 Å². The first-order valence-electron chi connectivity index (χ1n) is 9.45. The minimum absolute atomic E-state index is 0.315. The lowest BCUT2D eigenvalue weighted by Crippen LogP contribution is -2.09. The van der Waals surface area contributed by atoms with Crippen molar-refractivity contribution in [3.8, 4) is 11.5 Å². The minimum atomic E-state index is -0.557. The van der Waals surface area contributed by atoms with E-state index in [1.165, 1.54) is 7.11 Å². The number of hydrogen-bond donors (Lipinski definition) is 0. The predicted molar refractivity (Wildman–Crippen MR) is 108 cm³/mol. The van der Waals surface area contributed by atoms with Crippen molar-refractivity contribution >= 4 is 5.97 Å². The molecule has 0 amide bonds. The van der Waals surface area contributed by atoms with Crippen LogP contribution in [-0.2, 0) is 27.5 Å². The smallest absolute Gasteiger partial charge is 0.338 e. The molecule has 1 saturated heterocycles. The molecule has 0 bridgehead atoms. The van der Waals surface area contributed by atoms with Crippen LogP contribution in [0, 0.1) is 0 Å². The molecule has 0 N–H and O–H groups in total. The minimum Gasteiger partial charge on any atom is -0.485 e. The van der Waals surface area contributed by atoms with Crippen molar-refractivity contribution in [3.63, 3.8) is 0 Å². The number of hydrogen-bond acceptors (Lipinski definition) is 5. The third-order valence-corrected chi connectivity index (χ3v) is 4.70. The molecule has 29 heavy (non-hydrogen) atoms. The first-order valence-corrected chi connectivity index (χ1v) is 9.45. The summed E-state index contributed by atoms with van der Waals surface area (Å²) in [6, 6.07) is 25.5. The number of esters is 1. The molecule has 0 unspecified atom stereocenters. The Balaban J connectivity index is 1.51. The quantitative estimate of drug-likeness (QED) is 0.420. The van der Waals surface area contributed by atoms with E-state index in [4.69, 9.17) is 18.9 Å². The third kappa shape index (κ3) is 4.76. The van der Waals surface area contributed by atoms with Gasteiger partial charge in [-0.05, 0) is 28.8 Å². The van der Waals surface area contributed by atoms with Crippen LogP contribution in [0.5, 0.6) is 11.5 Å². The SMILES string of the molecule is COC(=O)[C@H]1O[C@@H]1c1ccc(OCc2ccccc2)c(OCc2ccccc2)c1. The molecule has 1 aliphatic heterocycles. The van der Waals surface area contributed by atoms with Gasteiger partial charge in [0, 0.05) is 0 Å². The molecule has 3 aromatic carbocycles. The van der Waals surface area contributed by atoms with Crippen LogP contribution >= 0.6 is 0 Å². The maximum absolute atomic E-state index is 11.7. The van der Waals surface area contributed by atoms with Crippen LogP contribution in [0.3, 0.4) is 0 Å². The lowest BCUT2D eigenvalue weighted by molar-refractivity contribution is -0.142. The fourth-order valence-corrected chi connectivity index (χ4v) is 3.07. The molecule has 0 spiro atoms. The summed E-state index contributed by atoms with van der Waals surface area (Å²) in [5, 5.41) is 0. The van der Waals surface area contributed by atoms with Crippen LogP contribution in [0.25, 0.3) is 0 Å². The van der Waals surface area contributed by atoms with Crippen LogP contribution in [0.1, 0.15) is 22.8 Å². The van der Waals surface area contributed by atoms with Gasteiger partial charge in [-0.3, -0.25) is 0 Å². The highest BCUT2D eigenvalue weighted by molar-refractivity contribution is 5.78. The van der Waals surface area contributed by atoms with Gasteiger partial charge in [0.25, 0.3) is 0 Å². The van der Waals surface area contributed by atoms with E-state index in [0.717, 1.165) is 16.7 Å². The molecule has 0 radical (unpaired) electrons. The van der Waals surface area contributed by atoms with Crippen molar-refractivity contribution in [2.45, 2.75) is 25.4 Å². The largest absolute Gasteiger partial charge is 0.485 e. The average Bonchev–Trinajstić information content (AvgIpc) is 3.58. The molecule has 3 aromatic rings.